The highest BCUT2D eigenvalue weighted by molar-refractivity contribution is 5.92. The zero-order valence-electron chi connectivity index (χ0n) is 5.79. The first-order chi connectivity index (χ1) is 4.70. The van der Waals surface area contributed by atoms with E-state index in [1.54, 1.807) is 0 Å². The Morgan fingerprint density at radius 3 is 2.56 bits per heavy atom. The number of primary amides is 1. The average Bonchev–Trinajstić information content (AvgIpc) is 1.88. The van der Waals surface area contributed by atoms with E-state index in [-0.39, 0.29) is 0 Å². The van der Waals surface area contributed by atoms with E-state index in [9.17, 15) is 4.79 Å². The molecule has 0 saturated heterocycles. The average molecular weight is 122 g/mol. The molecule has 1 amide bonds. The molecule has 0 aliphatic rings. The van der Waals surface area contributed by atoms with E-state index in [0.29, 0.717) is 11.6 Å². The molecule has 0 bridgehead atoms. The smallest absolute Gasteiger partial charge is 0.248 e. The lowest BCUT2D eigenvalue weighted by atomic mass is 10.2. The van der Waals surface area contributed by atoms with E-state index in [0.717, 1.165) is 0 Å². The third-order valence-electron chi connectivity index (χ3n) is 1.00. The summed E-state index contributed by atoms with van der Waals surface area (Å²) >= 11 is 0. The first-order valence-corrected chi connectivity index (χ1v) is 2.56. The predicted molar refractivity (Wildman–Crippen MR) is 35.0 cm³/mol. The number of hydrogen-bond donors (Lipinski definition) is 1. The predicted octanol–water partition coefficient (Wildman–Crippen LogP) is 0.786. The van der Waals surface area contributed by atoms with Crippen LogP contribution in [0.1, 0.15) is 11.7 Å². The van der Waals surface area contributed by atoms with E-state index in [4.69, 9.17) is 7.10 Å². The Labute approximate surface area is 54.7 Å². The molecule has 0 aromatic heterocycles. The minimum absolute atomic E-state index is 0.380. The highest BCUT2D eigenvalue weighted by Crippen LogP contribution is 1.94. The molecular weight excluding hydrogens is 114 g/mol. The fourth-order valence-corrected chi connectivity index (χ4v) is 0.551. The van der Waals surface area contributed by atoms with Crippen molar-refractivity contribution in [2.45, 2.75) is 0 Å². The molecule has 1 aromatic rings. The third kappa shape index (κ3) is 1.29. The van der Waals surface area contributed by atoms with Crippen LogP contribution in [0.4, 0.5) is 0 Å². The molecule has 46 valence electrons. The number of nitrogens with two attached hydrogens (primary N) is 1. The Bertz CT molecular complexity index is 242. The number of hydrogen-bond acceptors (Lipinski definition) is 1. The molecule has 0 fully saturated rings. The summed E-state index contributed by atoms with van der Waals surface area (Å²) < 4.78 is 7.08. The van der Waals surface area contributed by atoms with Gasteiger partial charge in [-0.15, -0.1) is 0 Å². The summed E-state index contributed by atoms with van der Waals surface area (Å²) in [7, 11) is 0. The van der Waals surface area contributed by atoms with Gasteiger partial charge in [0.2, 0.25) is 5.91 Å². The van der Waals surface area contributed by atoms with Crippen molar-refractivity contribution in [2.75, 3.05) is 0 Å². The van der Waals surface area contributed by atoms with Gasteiger partial charge in [0.1, 0.15) is 0 Å². The number of carbonyl (C=O) groups is 1. The Kier molecular flexibility index (Phi) is 1.17. The van der Waals surface area contributed by atoms with Crippen molar-refractivity contribution < 1.29 is 6.17 Å². The second-order valence-electron chi connectivity index (χ2n) is 1.65. The van der Waals surface area contributed by atoms with Crippen LogP contribution in [0.25, 0.3) is 0 Å². The van der Waals surface area contributed by atoms with Gasteiger partial charge in [-0.1, -0.05) is 18.2 Å². The minimum atomic E-state index is -0.458. The fraction of sp³-hybridized carbons (Fsp3) is 0. The zero-order chi connectivity index (χ0) is 7.56. The molecule has 0 saturated carbocycles. The van der Waals surface area contributed by atoms with Crippen LogP contribution in [-0.4, -0.2) is 5.91 Å². The Hall–Kier alpha value is -1.31. The van der Waals surface area contributed by atoms with Gasteiger partial charge in [0, 0.05) is 5.56 Å². The first-order valence-electron chi connectivity index (χ1n) is 3.06. The normalized spacial score (nSPS) is 10.4. The van der Waals surface area contributed by atoms with Crippen molar-refractivity contribution in [3.05, 3.63) is 35.9 Å². The van der Waals surface area contributed by atoms with Gasteiger partial charge in [-0.3, -0.25) is 4.79 Å². The van der Waals surface area contributed by atoms with Crippen LogP contribution < -0.4 is 5.73 Å². The second kappa shape index (κ2) is 2.31. The molecule has 0 unspecified atom stereocenters. The molecular formula is C7H7NO. The molecule has 2 heteroatoms. The monoisotopic (exact) mass is 122 g/mol. The number of carbonyl (C=O) groups excluding carboxylic acids is 1. The van der Waals surface area contributed by atoms with Crippen LogP contribution >= 0.6 is 0 Å². The largest absolute Gasteiger partial charge is 0.366 e. The van der Waals surface area contributed by atoms with E-state index in [1.165, 1.54) is 24.3 Å². The Morgan fingerprint density at radius 1 is 1.56 bits per heavy atom. The topological polar surface area (TPSA) is 43.1 Å². The van der Waals surface area contributed by atoms with Crippen molar-refractivity contribution in [1.29, 1.82) is 0 Å². The maximum absolute atomic E-state index is 10.5. The van der Waals surface area contributed by atoms with E-state index >= 15 is 0 Å². The molecule has 2 nitrogen and oxygen atoms in total. The highest BCUT2D eigenvalue weighted by atomic mass is 16.1. The standard InChI is InChI=1S/C7H7NO/c8-7(9)6-4-2-1-3-5-6/h1-5H,(H2,8,9)/i1D. The molecule has 0 spiro atoms. The van der Waals surface area contributed by atoms with E-state index in [2.05, 4.69) is 0 Å². The van der Waals surface area contributed by atoms with Crippen molar-refractivity contribution in [3.8, 4) is 0 Å². The highest BCUT2D eigenvalue weighted by Gasteiger charge is 1.93. The molecule has 0 radical (unpaired) electrons. The quantitative estimate of drug-likeness (QED) is 0.587. The SMILES string of the molecule is [2H]c1ccc(C(N)=O)cc1. The number of amides is 1. The van der Waals surface area contributed by atoms with Crippen LogP contribution in [0.3, 0.4) is 0 Å². The molecule has 0 aliphatic carbocycles. The zero-order valence-corrected chi connectivity index (χ0v) is 4.79. The van der Waals surface area contributed by atoms with Gasteiger partial charge in [0.25, 0.3) is 0 Å². The fourth-order valence-electron chi connectivity index (χ4n) is 0.551. The summed E-state index contributed by atoms with van der Waals surface area (Å²) in [5.41, 5.74) is 5.40. The van der Waals surface area contributed by atoms with Crippen LogP contribution in [0.5, 0.6) is 0 Å². The summed E-state index contributed by atoms with van der Waals surface area (Å²) in [4.78, 5) is 10.5. The minimum Gasteiger partial charge on any atom is -0.366 e. The number of rotatable bonds is 1. The van der Waals surface area contributed by atoms with Gasteiger partial charge in [0.15, 0.2) is 0 Å². The molecule has 0 atom stereocenters. The van der Waals surface area contributed by atoms with Gasteiger partial charge < -0.3 is 5.73 Å². The van der Waals surface area contributed by atoms with Crippen LogP contribution in [-0.2, 0) is 0 Å². The molecule has 1 rings (SSSR count). The summed E-state index contributed by atoms with van der Waals surface area (Å²) in [5, 5.41) is 0. The Morgan fingerprint density at radius 2 is 2.11 bits per heavy atom. The van der Waals surface area contributed by atoms with Crippen LogP contribution in [0, 0.1) is 0 Å². The van der Waals surface area contributed by atoms with Crippen LogP contribution in [0.15, 0.2) is 30.3 Å². The third-order valence-corrected chi connectivity index (χ3v) is 1.00. The van der Waals surface area contributed by atoms with E-state index in [1.807, 2.05) is 0 Å². The Balaban J connectivity index is 3.00. The maximum atomic E-state index is 10.5. The lowest BCUT2D eigenvalue weighted by Gasteiger charge is -1.89. The lowest BCUT2D eigenvalue weighted by Crippen LogP contribution is -2.09. The molecule has 2 N–H and O–H groups in total. The number of benzene rings is 1. The molecule has 0 heterocycles. The maximum Gasteiger partial charge on any atom is 0.248 e. The van der Waals surface area contributed by atoms with Crippen molar-refractivity contribution in [1.82, 2.24) is 0 Å². The van der Waals surface area contributed by atoms with Crippen molar-refractivity contribution in [3.63, 3.8) is 0 Å². The van der Waals surface area contributed by atoms with E-state index < -0.39 is 5.91 Å². The van der Waals surface area contributed by atoms with Gasteiger partial charge >= 0.3 is 0 Å². The van der Waals surface area contributed by atoms with Crippen LogP contribution in [0.2, 0.25) is 0 Å². The van der Waals surface area contributed by atoms with Gasteiger partial charge in [-0.05, 0) is 12.1 Å². The lowest BCUT2D eigenvalue weighted by molar-refractivity contribution is 0.100. The summed E-state index contributed by atoms with van der Waals surface area (Å²) in [6.07, 6.45) is 0. The van der Waals surface area contributed by atoms with Crippen molar-refractivity contribution >= 4 is 5.91 Å². The summed E-state index contributed by atoms with van der Waals surface area (Å²) in [5.74, 6) is -0.458. The van der Waals surface area contributed by atoms with Gasteiger partial charge in [-0.25, -0.2) is 0 Å². The molecule has 1 aromatic carbocycles. The first kappa shape index (κ1) is 4.56. The van der Waals surface area contributed by atoms with Crippen molar-refractivity contribution in [2.24, 2.45) is 5.73 Å². The molecule has 0 aliphatic heterocycles. The summed E-state index contributed by atoms with van der Waals surface area (Å²) in [6.45, 7) is 0. The second-order valence-corrected chi connectivity index (χ2v) is 1.65. The van der Waals surface area contributed by atoms with Gasteiger partial charge in [-0.2, -0.15) is 0 Å². The summed E-state index contributed by atoms with van der Waals surface area (Å²) in [6, 6.07) is 6.50. The van der Waals surface area contributed by atoms with Gasteiger partial charge in [0.05, 0.1) is 1.37 Å². The molecule has 9 heavy (non-hydrogen) atoms.